The first-order valence-electron chi connectivity index (χ1n) is 10.8. The van der Waals surface area contributed by atoms with E-state index in [9.17, 15) is 9.59 Å². The van der Waals surface area contributed by atoms with Gasteiger partial charge in [0.2, 0.25) is 0 Å². The minimum Gasteiger partial charge on any atom is -0.497 e. The SMILES string of the molecule is COc1ccc(Cn2cc(CCCCC(=O)O)nn2)cc1.O=C(O)CCCCc1c[nH]nn1. The van der Waals surface area contributed by atoms with Gasteiger partial charge in [0.25, 0.3) is 0 Å². The van der Waals surface area contributed by atoms with Crippen molar-refractivity contribution in [2.45, 2.75) is 57.9 Å². The van der Waals surface area contributed by atoms with Gasteiger partial charge in [0.1, 0.15) is 5.75 Å². The minimum absolute atomic E-state index is 0.208. The van der Waals surface area contributed by atoms with Crippen molar-refractivity contribution in [1.29, 1.82) is 0 Å². The molecule has 0 aliphatic heterocycles. The Bertz CT molecular complexity index is 956. The molecule has 3 aromatic rings. The largest absolute Gasteiger partial charge is 0.497 e. The number of aliphatic carboxylic acids is 2. The monoisotopic (exact) mass is 458 g/mol. The van der Waals surface area contributed by atoms with Crippen LogP contribution in [0.5, 0.6) is 5.75 Å². The fraction of sp³-hybridized carbons (Fsp3) is 0.455. The molecule has 0 unspecified atom stereocenters. The third-order valence-electron chi connectivity index (χ3n) is 4.70. The summed E-state index contributed by atoms with van der Waals surface area (Å²) in [5.41, 5.74) is 2.91. The van der Waals surface area contributed by atoms with Crippen molar-refractivity contribution < 1.29 is 24.5 Å². The zero-order valence-corrected chi connectivity index (χ0v) is 18.7. The maximum Gasteiger partial charge on any atom is 0.303 e. The molecule has 0 aliphatic rings. The summed E-state index contributed by atoms with van der Waals surface area (Å²) in [4.78, 5) is 20.5. The zero-order chi connectivity index (χ0) is 23.9. The number of hydrogen-bond acceptors (Lipinski definition) is 7. The molecule has 33 heavy (non-hydrogen) atoms. The Kier molecular flexibility index (Phi) is 11.1. The number of nitrogens with one attached hydrogen (secondary N) is 1. The van der Waals surface area contributed by atoms with Crippen LogP contribution in [0.2, 0.25) is 0 Å². The van der Waals surface area contributed by atoms with Crippen LogP contribution in [0.3, 0.4) is 0 Å². The number of carboxylic acids is 2. The Morgan fingerprint density at radius 1 is 0.939 bits per heavy atom. The van der Waals surface area contributed by atoms with Gasteiger partial charge in [-0.2, -0.15) is 0 Å². The summed E-state index contributed by atoms with van der Waals surface area (Å²) in [5, 5.41) is 35.0. The second-order valence-corrected chi connectivity index (χ2v) is 7.42. The highest BCUT2D eigenvalue weighted by Gasteiger charge is 2.04. The fourth-order valence-corrected chi connectivity index (χ4v) is 2.96. The van der Waals surface area contributed by atoms with Crippen LogP contribution in [0, 0.1) is 0 Å². The van der Waals surface area contributed by atoms with Crippen LogP contribution in [0.25, 0.3) is 0 Å². The highest BCUT2D eigenvalue weighted by molar-refractivity contribution is 5.66. The molecular weight excluding hydrogens is 428 g/mol. The van der Waals surface area contributed by atoms with Crippen LogP contribution >= 0.6 is 0 Å². The van der Waals surface area contributed by atoms with Crippen LogP contribution in [0.15, 0.2) is 36.7 Å². The summed E-state index contributed by atoms with van der Waals surface area (Å²) in [7, 11) is 1.64. The molecule has 0 atom stereocenters. The molecule has 0 aliphatic carbocycles. The molecular formula is C22H30N6O5. The molecule has 0 radical (unpaired) electrons. The average molecular weight is 459 g/mol. The second kappa shape index (κ2) is 14.3. The van der Waals surface area contributed by atoms with E-state index in [-0.39, 0.29) is 12.8 Å². The maximum absolute atomic E-state index is 10.4. The predicted octanol–water partition coefficient (Wildman–Crippen LogP) is 2.73. The highest BCUT2D eigenvalue weighted by Crippen LogP contribution is 2.12. The van der Waals surface area contributed by atoms with E-state index in [1.165, 1.54) is 0 Å². The lowest BCUT2D eigenvalue weighted by atomic mass is 10.1. The Balaban J connectivity index is 0.000000273. The topological polar surface area (TPSA) is 156 Å². The van der Waals surface area contributed by atoms with E-state index in [1.807, 2.05) is 30.5 Å². The van der Waals surface area contributed by atoms with E-state index in [1.54, 1.807) is 18.0 Å². The van der Waals surface area contributed by atoms with Gasteiger partial charge in [-0.05, 0) is 56.2 Å². The molecule has 3 N–H and O–H groups in total. The van der Waals surface area contributed by atoms with E-state index in [4.69, 9.17) is 14.9 Å². The number of rotatable bonds is 13. The molecule has 0 saturated carbocycles. The molecule has 0 fully saturated rings. The van der Waals surface area contributed by atoms with Crippen molar-refractivity contribution in [2.75, 3.05) is 7.11 Å². The summed E-state index contributed by atoms with van der Waals surface area (Å²) in [6.45, 7) is 0.659. The molecule has 11 nitrogen and oxygen atoms in total. The normalized spacial score (nSPS) is 10.3. The van der Waals surface area contributed by atoms with Crippen LogP contribution in [0.1, 0.15) is 55.5 Å². The number of unbranched alkanes of at least 4 members (excludes halogenated alkanes) is 2. The number of nitrogens with zero attached hydrogens (tertiary/aromatic N) is 5. The van der Waals surface area contributed by atoms with Gasteiger partial charge >= 0.3 is 11.9 Å². The number of carbonyl (C=O) groups is 2. The van der Waals surface area contributed by atoms with Gasteiger partial charge in [-0.15, -0.1) is 10.2 Å². The van der Waals surface area contributed by atoms with E-state index in [0.29, 0.717) is 19.4 Å². The first kappa shape index (κ1) is 25.5. The van der Waals surface area contributed by atoms with Crippen molar-refractivity contribution in [3.63, 3.8) is 0 Å². The summed E-state index contributed by atoms with van der Waals surface area (Å²) in [6.07, 6.45) is 8.65. The molecule has 3 rings (SSSR count). The van der Waals surface area contributed by atoms with Crippen LogP contribution < -0.4 is 4.74 Å². The van der Waals surface area contributed by atoms with Gasteiger partial charge in [-0.25, -0.2) is 4.68 Å². The Morgan fingerprint density at radius 2 is 1.58 bits per heavy atom. The number of aryl methyl sites for hydroxylation is 2. The van der Waals surface area contributed by atoms with Crippen LogP contribution in [-0.4, -0.2) is 59.7 Å². The third kappa shape index (κ3) is 10.9. The smallest absolute Gasteiger partial charge is 0.303 e. The number of benzene rings is 1. The predicted molar refractivity (Wildman–Crippen MR) is 119 cm³/mol. The fourth-order valence-electron chi connectivity index (χ4n) is 2.96. The van der Waals surface area contributed by atoms with Crippen molar-refractivity contribution in [2.24, 2.45) is 0 Å². The van der Waals surface area contributed by atoms with E-state index in [2.05, 4.69) is 25.7 Å². The quantitative estimate of drug-likeness (QED) is 0.328. The number of ether oxygens (including phenoxy) is 1. The van der Waals surface area contributed by atoms with Crippen molar-refractivity contribution >= 4 is 11.9 Å². The molecule has 1 aromatic carbocycles. The molecule has 178 valence electrons. The van der Waals surface area contributed by atoms with Crippen molar-refractivity contribution in [1.82, 2.24) is 30.4 Å². The number of aromatic nitrogens is 6. The highest BCUT2D eigenvalue weighted by atomic mass is 16.5. The van der Waals surface area contributed by atoms with Gasteiger partial charge < -0.3 is 14.9 Å². The van der Waals surface area contributed by atoms with Crippen LogP contribution in [-0.2, 0) is 29.0 Å². The number of methoxy groups -OCH3 is 1. The molecule has 0 bridgehead atoms. The first-order chi connectivity index (χ1) is 16.0. The Labute approximate surface area is 191 Å². The number of aromatic amines is 1. The molecule has 2 aromatic heterocycles. The summed E-state index contributed by atoms with van der Waals surface area (Å²) in [5.74, 6) is -0.662. The number of hydrogen-bond donors (Lipinski definition) is 3. The molecule has 0 saturated heterocycles. The molecule has 11 heteroatoms. The van der Waals surface area contributed by atoms with Crippen molar-refractivity contribution in [3.05, 3.63) is 53.6 Å². The number of H-pyrrole nitrogens is 1. The minimum atomic E-state index is -0.752. The van der Waals surface area contributed by atoms with Gasteiger partial charge in [0.15, 0.2) is 0 Å². The van der Waals surface area contributed by atoms with Gasteiger partial charge in [0.05, 0.1) is 25.0 Å². The van der Waals surface area contributed by atoms with Crippen LogP contribution in [0.4, 0.5) is 0 Å². The van der Waals surface area contributed by atoms with E-state index < -0.39 is 11.9 Å². The lowest BCUT2D eigenvalue weighted by Gasteiger charge is -2.03. The summed E-state index contributed by atoms with van der Waals surface area (Å²) >= 11 is 0. The Hall–Kier alpha value is -3.76. The maximum atomic E-state index is 10.4. The standard InChI is InChI=1S/C15H19N3O3.C7H11N3O2/c1-21-14-8-6-12(7-9-14)10-18-11-13(16-17-18)4-2-3-5-15(19)20;11-7(12)4-2-1-3-6-5-8-10-9-6/h6-9,11H,2-5,10H2,1H3,(H,19,20);5H,1-4H2,(H,11,12)(H,8,9,10). The summed E-state index contributed by atoms with van der Waals surface area (Å²) in [6, 6.07) is 7.82. The lowest BCUT2D eigenvalue weighted by molar-refractivity contribution is -0.138. The van der Waals surface area contributed by atoms with Crippen molar-refractivity contribution in [3.8, 4) is 5.75 Å². The Morgan fingerprint density at radius 3 is 2.12 bits per heavy atom. The van der Waals surface area contributed by atoms with E-state index >= 15 is 0 Å². The zero-order valence-electron chi connectivity index (χ0n) is 18.7. The number of carboxylic acid groups (broad SMARTS) is 2. The molecule has 0 spiro atoms. The molecule has 2 heterocycles. The van der Waals surface area contributed by atoms with Gasteiger partial charge in [0, 0.05) is 25.2 Å². The van der Waals surface area contributed by atoms with E-state index in [0.717, 1.165) is 48.4 Å². The second-order valence-electron chi connectivity index (χ2n) is 7.42. The van der Waals surface area contributed by atoms with Gasteiger partial charge in [-0.1, -0.05) is 22.6 Å². The van der Waals surface area contributed by atoms with Gasteiger partial charge in [-0.3, -0.25) is 14.7 Å². The summed E-state index contributed by atoms with van der Waals surface area (Å²) < 4.78 is 6.90. The first-order valence-corrected chi connectivity index (χ1v) is 10.8. The molecule has 0 amide bonds. The lowest BCUT2D eigenvalue weighted by Crippen LogP contribution is -2.00. The average Bonchev–Trinajstić information content (AvgIpc) is 3.47. The third-order valence-corrected chi connectivity index (χ3v) is 4.70.